The van der Waals surface area contributed by atoms with Crippen LogP contribution in [0.1, 0.15) is 22.6 Å². The zero-order valence-corrected chi connectivity index (χ0v) is 6.97. The summed E-state index contributed by atoms with van der Waals surface area (Å²) in [5, 5.41) is 0. The Bertz CT molecular complexity index is 189. The van der Waals surface area contributed by atoms with Crippen LogP contribution < -0.4 is 0 Å². The van der Waals surface area contributed by atoms with E-state index in [4.69, 9.17) is 0 Å². The van der Waals surface area contributed by atoms with Crippen molar-refractivity contribution in [3.8, 4) is 0 Å². The molecule has 0 saturated heterocycles. The fourth-order valence-electron chi connectivity index (χ4n) is 0.611. The van der Waals surface area contributed by atoms with Gasteiger partial charge in [0.25, 0.3) is 0 Å². The molecule has 2 heteroatoms. The summed E-state index contributed by atoms with van der Waals surface area (Å²) in [7, 11) is 0. The van der Waals surface area contributed by atoms with Gasteiger partial charge in [0, 0.05) is 0 Å². The molecule has 0 spiro atoms. The number of hydrogen-bond donors (Lipinski definition) is 0. The monoisotopic (exact) mass is 188 g/mol. The quantitative estimate of drug-likeness (QED) is 0.504. The van der Waals surface area contributed by atoms with Crippen molar-refractivity contribution >= 4 is 20.3 Å². The summed E-state index contributed by atoms with van der Waals surface area (Å²) in [6, 6.07) is 3.88. The number of rotatable bonds is 2. The second-order valence-corrected chi connectivity index (χ2v) is 3.74. The molecule has 0 unspecified atom stereocenters. The fraction of sp³-hybridized carbons (Fsp3) is 0.286. The van der Waals surface area contributed by atoms with Crippen LogP contribution in [-0.4, -0.2) is 20.3 Å². The molecule has 0 atom stereocenters. The van der Waals surface area contributed by atoms with Gasteiger partial charge in [-0.25, -0.2) is 0 Å². The molecular formula is C7H8OSe. The molecule has 0 radical (unpaired) electrons. The van der Waals surface area contributed by atoms with E-state index in [-0.39, 0.29) is 0 Å². The molecule has 0 amide bonds. The first-order valence-corrected chi connectivity index (χ1v) is 4.76. The Hall–Kier alpha value is -0.331. The van der Waals surface area contributed by atoms with Crippen LogP contribution in [0.25, 0.3) is 0 Å². The predicted molar refractivity (Wildman–Crippen MR) is 38.0 cm³/mol. The summed E-state index contributed by atoms with van der Waals surface area (Å²) < 4.78 is 1.02. The van der Waals surface area contributed by atoms with Crippen LogP contribution in [0.15, 0.2) is 17.1 Å². The van der Waals surface area contributed by atoms with Crippen molar-refractivity contribution in [3.05, 3.63) is 21.5 Å². The Morgan fingerprint density at radius 2 is 2.56 bits per heavy atom. The van der Waals surface area contributed by atoms with Crippen LogP contribution in [0.2, 0.25) is 0 Å². The summed E-state index contributed by atoms with van der Waals surface area (Å²) >= 11 is 0.340. The minimum absolute atomic E-state index is 0.306. The Kier molecular flexibility index (Phi) is 2.26. The van der Waals surface area contributed by atoms with Crippen molar-refractivity contribution in [1.29, 1.82) is 0 Å². The Morgan fingerprint density at radius 1 is 1.78 bits per heavy atom. The van der Waals surface area contributed by atoms with E-state index < -0.39 is 0 Å². The average Bonchev–Trinajstić information content (AvgIpc) is 2.37. The maximum atomic E-state index is 10.9. The van der Waals surface area contributed by atoms with E-state index in [1.807, 2.05) is 19.1 Å². The molecule has 0 aliphatic heterocycles. The molecule has 0 saturated carbocycles. The van der Waals surface area contributed by atoms with Crippen molar-refractivity contribution < 1.29 is 4.79 Å². The number of carbonyl (C=O) groups is 1. The first kappa shape index (κ1) is 6.78. The number of carbonyl (C=O) groups excluding carboxylic acids is 1. The van der Waals surface area contributed by atoms with Gasteiger partial charge in [0.1, 0.15) is 0 Å². The second kappa shape index (κ2) is 3.00. The average molecular weight is 187 g/mol. The zero-order chi connectivity index (χ0) is 6.69. The Morgan fingerprint density at radius 3 is 3.00 bits per heavy atom. The van der Waals surface area contributed by atoms with Crippen LogP contribution >= 0.6 is 0 Å². The fourth-order valence-corrected chi connectivity index (χ4v) is 2.16. The van der Waals surface area contributed by atoms with E-state index in [0.29, 0.717) is 26.7 Å². The Balaban J connectivity index is 2.77. The van der Waals surface area contributed by atoms with Gasteiger partial charge < -0.3 is 0 Å². The van der Waals surface area contributed by atoms with Gasteiger partial charge in [0.05, 0.1) is 0 Å². The zero-order valence-electron chi connectivity index (χ0n) is 5.26. The standard InChI is InChI=1S/C7H8OSe/c1-2-6(8)7-4-3-5-9-7/h3-5H,2H2,1H3. The molecule has 0 aromatic carbocycles. The van der Waals surface area contributed by atoms with Crippen molar-refractivity contribution in [3.63, 3.8) is 0 Å². The summed E-state index contributed by atoms with van der Waals surface area (Å²) in [6.45, 7) is 1.90. The van der Waals surface area contributed by atoms with E-state index in [9.17, 15) is 4.79 Å². The molecule has 0 aliphatic carbocycles. The molecule has 1 rings (SSSR count). The third-order valence-corrected chi connectivity index (χ3v) is 3.03. The molecule has 48 valence electrons. The van der Waals surface area contributed by atoms with Gasteiger partial charge in [-0.05, 0) is 0 Å². The number of hydrogen-bond acceptors (Lipinski definition) is 1. The van der Waals surface area contributed by atoms with Crippen LogP contribution in [0.3, 0.4) is 0 Å². The van der Waals surface area contributed by atoms with Gasteiger partial charge in [-0.15, -0.1) is 0 Å². The van der Waals surface area contributed by atoms with Gasteiger partial charge in [0.2, 0.25) is 0 Å². The van der Waals surface area contributed by atoms with E-state index in [1.165, 1.54) is 0 Å². The van der Waals surface area contributed by atoms with E-state index in [0.717, 1.165) is 4.44 Å². The molecule has 1 aromatic rings. The third-order valence-electron chi connectivity index (χ3n) is 1.12. The molecule has 0 N–H and O–H groups in total. The summed E-state index contributed by atoms with van der Waals surface area (Å²) in [5.74, 6) is 0.306. The first-order chi connectivity index (χ1) is 4.34. The van der Waals surface area contributed by atoms with Gasteiger partial charge >= 0.3 is 59.9 Å². The van der Waals surface area contributed by atoms with Crippen LogP contribution in [0.5, 0.6) is 0 Å². The van der Waals surface area contributed by atoms with E-state index >= 15 is 0 Å². The van der Waals surface area contributed by atoms with Crippen LogP contribution in [0.4, 0.5) is 0 Å². The van der Waals surface area contributed by atoms with Crippen molar-refractivity contribution in [2.24, 2.45) is 0 Å². The normalized spacial score (nSPS) is 9.44. The summed E-state index contributed by atoms with van der Waals surface area (Å²) in [6.07, 6.45) is 0.648. The predicted octanol–water partition coefficient (Wildman–Crippen LogP) is 1.34. The topological polar surface area (TPSA) is 17.1 Å². The maximum absolute atomic E-state index is 10.9. The van der Waals surface area contributed by atoms with Crippen molar-refractivity contribution in [2.75, 3.05) is 0 Å². The molecule has 1 nitrogen and oxygen atoms in total. The molecule has 1 aromatic heterocycles. The SMILES string of the molecule is CCC(=O)c1ccc[se]1. The van der Waals surface area contributed by atoms with Crippen molar-refractivity contribution in [2.45, 2.75) is 13.3 Å². The number of ketones is 1. The Labute approximate surface area is 60.4 Å². The summed E-state index contributed by atoms with van der Waals surface area (Å²) in [4.78, 5) is 13.0. The van der Waals surface area contributed by atoms with E-state index in [2.05, 4.69) is 4.94 Å². The summed E-state index contributed by atoms with van der Waals surface area (Å²) in [5.41, 5.74) is 0. The first-order valence-electron chi connectivity index (χ1n) is 2.91. The van der Waals surface area contributed by atoms with Crippen LogP contribution in [0, 0.1) is 0 Å². The number of Topliss-reactive ketones (excluding diaryl/α,β-unsaturated/α-hetero) is 1. The molecule has 0 aliphatic rings. The molecular weight excluding hydrogens is 179 g/mol. The van der Waals surface area contributed by atoms with Crippen LogP contribution in [-0.2, 0) is 0 Å². The van der Waals surface area contributed by atoms with Gasteiger partial charge in [0.15, 0.2) is 0 Å². The van der Waals surface area contributed by atoms with E-state index in [1.54, 1.807) is 0 Å². The van der Waals surface area contributed by atoms with Crippen molar-refractivity contribution in [1.82, 2.24) is 0 Å². The van der Waals surface area contributed by atoms with Gasteiger partial charge in [-0.1, -0.05) is 0 Å². The molecule has 0 fully saturated rings. The third kappa shape index (κ3) is 1.54. The molecule has 1 heterocycles. The van der Waals surface area contributed by atoms with Gasteiger partial charge in [-0.2, -0.15) is 0 Å². The molecule has 9 heavy (non-hydrogen) atoms. The molecule has 0 bridgehead atoms. The van der Waals surface area contributed by atoms with Gasteiger partial charge in [-0.3, -0.25) is 0 Å². The second-order valence-electron chi connectivity index (χ2n) is 1.75. The minimum atomic E-state index is 0.306.